The number of thioether (sulfide) groups is 2. The number of benzene rings is 1. The molecule has 0 atom stereocenters. The van der Waals surface area contributed by atoms with Crippen LogP contribution in [0.5, 0.6) is 0 Å². The van der Waals surface area contributed by atoms with Crippen molar-refractivity contribution in [2.75, 3.05) is 5.08 Å². The summed E-state index contributed by atoms with van der Waals surface area (Å²) in [5.41, 5.74) is 4.03. The zero-order chi connectivity index (χ0) is 9.97. The molecule has 74 valence electrons. The zero-order valence-corrected chi connectivity index (χ0v) is 10.0. The number of hydrogen-bond donors (Lipinski definition) is 0. The lowest BCUT2D eigenvalue weighted by molar-refractivity contribution is 1.07. The lowest BCUT2D eigenvalue weighted by Crippen LogP contribution is -1.99. The van der Waals surface area contributed by atoms with Gasteiger partial charge in [-0.3, -0.25) is 4.99 Å². The number of aliphatic imine (C=N–C) groups is 1. The third-order valence-corrected chi connectivity index (χ3v) is 4.73. The van der Waals surface area contributed by atoms with Crippen LogP contribution in [0.3, 0.4) is 0 Å². The molecule has 1 heterocycles. The standard InChI is InChI=1S/C11H13NS2/c1-8-3-4-10(5-9(8)2)6-12-11-13-7-14-11/h3-5H,6-7H2,1-2H3. The van der Waals surface area contributed by atoms with Gasteiger partial charge in [-0.1, -0.05) is 41.7 Å². The van der Waals surface area contributed by atoms with Gasteiger partial charge in [-0.15, -0.1) is 0 Å². The number of rotatable bonds is 2. The van der Waals surface area contributed by atoms with Crippen LogP contribution >= 0.6 is 23.5 Å². The summed E-state index contributed by atoms with van der Waals surface area (Å²) in [6.45, 7) is 5.12. The Balaban J connectivity index is 2.05. The van der Waals surface area contributed by atoms with Crippen LogP contribution in [0.1, 0.15) is 16.7 Å². The Labute approximate surface area is 93.4 Å². The van der Waals surface area contributed by atoms with Crippen LogP contribution in [0.15, 0.2) is 23.2 Å². The van der Waals surface area contributed by atoms with Gasteiger partial charge < -0.3 is 0 Å². The highest BCUT2D eigenvalue weighted by molar-refractivity contribution is 8.52. The van der Waals surface area contributed by atoms with Crippen molar-refractivity contribution >= 4 is 27.9 Å². The first kappa shape index (κ1) is 10.1. The molecule has 14 heavy (non-hydrogen) atoms. The monoisotopic (exact) mass is 223 g/mol. The van der Waals surface area contributed by atoms with Crippen LogP contribution in [0, 0.1) is 13.8 Å². The summed E-state index contributed by atoms with van der Waals surface area (Å²) >= 11 is 3.69. The van der Waals surface area contributed by atoms with Crippen LogP contribution < -0.4 is 0 Å². The molecular weight excluding hydrogens is 210 g/mol. The first-order valence-electron chi connectivity index (χ1n) is 4.62. The SMILES string of the molecule is Cc1ccc(CN=C2SCS2)cc1C. The van der Waals surface area contributed by atoms with Gasteiger partial charge in [0.25, 0.3) is 0 Å². The molecule has 0 bridgehead atoms. The van der Waals surface area contributed by atoms with E-state index in [1.165, 1.54) is 26.2 Å². The lowest BCUT2D eigenvalue weighted by Gasteiger charge is -2.12. The molecule has 0 saturated carbocycles. The van der Waals surface area contributed by atoms with Gasteiger partial charge in [0.2, 0.25) is 0 Å². The minimum atomic E-state index is 0.830. The average molecular weight is 223 g/mol. The highest BCUT2D eigenvalue weighted by Crippen LogP contribution is 2.32. The summed E-state index contributed by atoms with van der Waals surface area (Å²) in [4.78, 5) is 4.51. The normalized spacial score (nSPS) is 15.1. The Hall–Kier alpha value is -0.410. The highest BCUT2D eigenvalue weighted by atomic mass is 32.3. The fraction of sp³-hybridized carbons (Fsp3) is 0.364. The van der Waals surface area contributed by atoms with Crippen molar-refractivity contribution in [1.82, 2.24) is 0 Å². The predicted octanol–water partition coefficient (Wildman–Crippen LogP) is 3.60. The molecule has 1 saturated heterocycles. The maximum atomic E-state index is 4.51. The van der Waals surface area contributed by atoms with E-state index in [2.05, 4.69) is 37.0 Å². The molecular formula is C11H13NS2. The predicted molar refractivity (Wildman–Crippen MR) is 67.1 cm³/mol. The molecule has 1 fully saturated rings. The molecule has 0 N–H and O–H groups in total. The van der Waals surface area contributed by atoms with Gasteiger partial charge in [0, 0.05) is 0 Å². The summed E-state index contributed by atoms with van der Waals surface area (Å²) < 4.78 is 1.24. The van der Waals surface area contributed by atoms with Crippen molar-refractivity contribution < 1.29 is 0 Å². The number of hydrogen-bond acceptors (Lipinski definition) is 3. The van der Waals surface area contributed by atoms with E-state index in [0.29, 0.717) is 0 Å². The topological polar surface area (TPSA) is 12.4 Å². The highest BCUT2D eigenvalue weighted by Gasteiger charge is 2.10. The van der Waals surface area contributed by atoms with E-state index in [0.717, 1.165) is 6.54 Å². The van der Waals surface area contributed by atoms with Crippen molar-refractivity contribution in [2.24, 2.45) is 4.99 Å². The Morgan fingerprint density at radius 2 is 2.00 bits per heavy atom. The number of aryl methyl sites for hydroxylation is 2. The fourth-order valence-corrected chi connectivity index (χ4v) is 2.47. The van der Waals surface area contributed by atoms with Crippen molar-refractivity contribution in [1.29, 1.82) is 0 Å². The van der Waals surface area contributed by atoms with Crippen LogP contribution in [0.2, 0.25) is 0 Å². The zero-order valence-electron chi connectivity index (χ0n) is 8.41. The molecule has 1 aromatic carbocycles. The number of nitrogens with zero attached hydrogens (tertiary/aromatic N) is 1. The maximum absolute atomic E-state index is 4.51. The fourth-order valence-electron chi connectivity index (χ4n) is 1.26. The average Bonchev–Trinajstić information content (AvgIpc) is 2.08. The molecule has 1 nitrogen and oxygen atoms in total. The quantitative estimate of drug-likeness (QED) is 0.759. The molecule has 2 rings (SSSR count). The lowest BCUT2D eigenvalue weighted by atomic mass is 10.1. The van der Waals surface area contributed by atoms with Crippen molar-refractivity contribution in [3.8, 4) is 0 Å². The van der Waals surface area contributed by atoms with E-state index in [-0.39, 0.29) is 0 Å². The third-order valence-electron chi connectivity index (χ3n) is 2.33. The largest absolute Gasteiger partial charge is 0.267 e. The summed E-state index contributed by atoms with van der Waals surface area (Å²) in [5.74, 6) is 0. The van der Waals surface area contributed by atoms with Crippen LogP contribution in [-0.4, -0.2) is 9.46 Å². The Kier molecular flexibility index (Phi) is 3.19. The van der Waals surface area contributed by atoms with Crippen LogP contribution in [0.4, 0.5) is 0 Å². The van der Waals surface area contributed by atoms with E-state index < -0.39 is 0 Å². The molecule has 0 aliphatic carbocycles. The summed E-state index contributed by atoms with van der Waals surface area (Å²) in [7, 11) is 0. The van der Waals surface area contributed by atoms with Gasteiger partial charge >= 0.3 is 0 Å². The molecule has 1 aliphatic heterocycles. The second-order valence-electron chi connectivity index (χ2n) is 3.41. The van der Waals surface area contributed by atoms with Gasteiger partial charge in [0.15, 0.2) is 0 Å². The second kappa shape index (κ2) is 4.41. The first-order valence-corrected chi connectivity index (χ1v) is 6.59. The van der Waals surface area contributed by atoms with Gasteiger partial charge in [-0.2, -0.15) is 0 Å². The van der Waals surface area contributed by atoms with E-state index in [4.69, 9.17) is 0 Å². The van der Waals surface area contributed by atoms with E-state index in [1.54, 1.807) is 0 Å². The van der Waals surface area contributed by atoms with E-state index in [1.807, 2.05) is 23.5 Å². The van der Waals surface area contributed by atoms with Crippen LogP contribution in [0.25, 0.3) is 0 Å². The molecule has 1 aliphatic rings. The van der Waals surface area contributed by atoms with Gasteiger partial charge in [0.05, 0.1) is 11.6 Å². The molecule has 0 unspecified atom stereocenters. The molecule has 0 aromatic heterocycles. The molecule has 0 amide bonds. The molecule has 3 heteroatoms. The minimum absolute atomic E-state index is 0.830. The summed E-state index contributed by atoms with van der Waals surface area (Å²) in [6, 6.07) is 6.57. The maximum Gasteiger partial charge on any atom is 0.126 e. The molecule has 1 aromatic rings. The molecule has 0 spiro atoms. The first-order chi connectivity index (χ1) is 6.75. The second-order valence-corrected chi connectivity index (χ2v) is 5.96. The van der Waals surface area contributed by atoms with Crippen molar-refractivity contribution in [3.05, 3.63) is 34.9 Å². The van der Waals surface area contributed by atoms with Gasteiger partial charge in [-0.25, -0.2) is 0 Å². The smallest absolute Gasteiger partial charge is 0.126 e. The third kappa shape index (κ3) is 2.34. The minimum Gasteiger partial charge on any atom is -0.267 e. The molecule has 0 radical (unpaired) electrons. The Morgan fingerprint density at radius 3 is 2.57 bits per heavy atom. The van der Waals surface area contributed by atoms with Gasteiger partial charge in [-0.05, 0) is 30.5 Å². The summed E-state index contributed by atoms with van der Waals surface area (Å²) in [6.07, 6.45) is 0. The van der Waals surface area contributed by atoms with Crippen molar-refractivity contribution in [3.63, 3.8) is 0 Å². The van der Waals surface area contributed by atoms with Crippen molar-refractivity contribution in [2.45, 2.75) is 20.4 Å². The Morgan fingerprint density at radius 1 is 1.21 bits per heavy atom. The van der Waals surface area contributed by atoms with E-state index in [9.17, 15) is 0 Å². The summed E-state index contributed by atoms with van der Waals surface area (Å²) in [5, 5.41) is 1.17. The Bertz CT molecular complexity index is 366. The van der Waals surface area contributed by atoms with Gasteiger partial charge in [0.1, 0.15) is 4.38 Å². The van der Waals surface area contributed by atoms with Crippen LogP contribution in [-0.2, 0) is 6.54 Å². The van der Waals surface area contributed by atoms with E-state index >= 15 is 0 Å².